The van der Waals surface area contributed by atoms with Crippen molar-refractivity contribution in [1.82, 2.24) is 4.90 Å². The van der Waals surface area contributed by atoms with Crippen LogP contribution < -0.4 is 4.90 Å². The number of benzene rings is 1. The number of halogens is 2. The van der Waals surface area contributed by atoms with Crippen LogP contribution in [0.5, 0.6) is 0 Å². The average molecular weight is 297 g/mol. The zero-order valence-electron chi connectivity index (χ0n) is 12.0. The Morgan fingerprint density at radius 3 is 2.90 bits per heavy atom. The Kier molecular flexibility index (Phi) is 4.18. The number of fused-ring (bicyclic) bond motifs is 1. The summed E-state index contributed by atoms with van der Waals surface area (Å²) in [4.78, 5) is 4.80. The number of hydrogen-bond acceptors (Lipinski definition) is 2. The molecule has 2 nitrogen and oxygen atoms in total. The largest absolute Gasteiger partial charge is 0.362 e. The molecule has 20 heavy (non-hydrogen) atoms. The van der Waals surface area contributed by atoms with Crippen LogP contribution in [-0.4, -0.2) is 36.6 Å². The Balaban J connectivity index is 1.90. The number of anilines is 1. The van der Waals surface area contributed by atoms with Crippen LogP contribution in [0.2, 0.25) is 5.02 Å². The molecule has 0 N–H and O–H groups in total. The minimum absolute atomic E-state index is 0.194. The SMILES string of the molecule is CCC1CN2CCCCC2CN1c1c(F)cccc1Cl. The van der Waals surface area contributed by atoms with Crippen molar-refractivity contribution in [3.8, 4) is 0 Å². The summed E-state index contributed by atoms with van der Waals surface area (Å²) in [5.74, 6) is -0.194. The van der Waals surface area contributed by atoms with Crippen LogP contribution >= 0.6 is 11.6 Å². The summed E-state index contributed by atoms with van der Waals surface area (Å²) in [7, 11) is 0. The molecular formula is C16H22ClFN2. The first-order chi connectivity index (χ1) is 9.70. The highest BCUT2D eigenvalue weighted by atomic mass is 35.5. The van der Waals surface area contributed by atoms with Crippen LogP contribution in [0.25, 0.3) is 0 Å². The molecule has 2 unspecified atom stereocenters. The van der Waals surface area contributed by atoms with E-state index in [1.807, 2.05) is 0 Å². The van der Waals surface area contributed by atoms with Gasteiger partial charge in [0.25, 0.3) is 0 Å². The first-order valence-corrected chi connectivity index (χ1v) is 8.03. The summed E-state index contributed by atoms with van der Waals surface area (Å²) < 4.78 is 14.2. The summed E-state index contributed by atoms with van der Waals surface area (Å²) in [6.45, 7) is 5.31. The lowest BCUT2D eigenvalue weighted by Gasteiger charge is -2.49. The topological polar surface area (TPSA) is 6.48 Å². The first-order valence-electron chi connectivity index (χ1n) is 7.65. The fourth-order valence-corrected chi connectivity index (χ4v) is 3.91. The van der Waals surface area contributed by atoms with Crippen molar-refractivity contribution in [2.24, 2.45) is 0 Å². The van der Waals surface area contributed by atoms with Gasteiger partial charge in [-0.05, 0) is 37.9 Å². The first kappa shape index (κ1) is 14.2. The molecule has 2 aliphatic heterocycles. The van der Waals surface area contributed by atoms with Crippen LogP contribution in [0.3, 0.4) is 0 Å². The predicted octanol–water partition coefficient (Wildman–Crippen LogP) is 3.93. The highest BCUT2D eigenvalue weighted by Gasteiger charge is 2.35. The maximum atomic E-state index is 14.2. The fraction of sp³-hybridized carbons (Fsp3) is 0.625. The minimum Gasteiger partial charge on any atom is -0.362 e. The summed E-state index contributed by atoms with van der Waals surface area (Å²) >= 11 is 6.27. The predicted molar refractivity (Wildman–Crippen MR) is 82.0 cm³/mol. The molecule has 0 saturated carbocycles. The van der Waals surface area contributed by atoms with Gasteiger partial charge in [0, 0.05) is 25.2 Å². The Morgan fingerprint density at radius 1 is 1.30 bits per heavy atom. The maximum Gasteiger partial charge on any atom is 0.148 e. The molecule has 2 fully saturated rings. The van der Waals surface area contributed by atoms with Gasteiger partial charge in [-0.2, -0.15) is 0 Å². The van der Waals surface area contributed by atoms with Crippen LogP contribution in [0, 0.1) is 5.82 Å². The van der Waals surface area contributed by atoms with Crippen LogP contribution in [0.15, 0.2) is 18.2 Å². The number of nitrogens with zero attached hydrogens (tertiary/aromatic N) is 2. The molecular weight excluding hydrogens is 275 g/mol. The highest BCUT2D eigenvalue weighted by Crippen LogP contribution is 2.35. The van der Waals surface area contributed by atoms with E-state index in [2.05, 4.69) is 16.7 Å². The molecule has 2 saturated heterocycles. The molecule has 4 heteroatoms. The van der Waals surface area contributed by atoms with Crippen LogP contribution in [0.4, 0.5) is 10.1 Å². The van der Waals surface area contributed by atoms with Crippen molar-refractivity contribution in [1.29, 1.82) is 0 Å². The molecule has 0 radical (unpaired) electrons. The Morgan fingerprint density at radius 2 is 2.15 bits per heavy atom. The van der Waals surface area contributed by atoms with Gasteiger partial charge in [0.15, 0.2) is 0 Å². The van der Waals surface area contributed by atoms with E-state index in [1.165, 1.54) is 31.9 Å². The minimum atomic E-state index is -0.194. The normalized spacial score (nSPS) is 27.4. The molecule has 2 heterocycles. The maximum absolute atomic E-state index is 14.2. The summed E-state index contributed by atoms with van der Waals surface area (Å²) in [5, 5.41) is 0.535. The molecule has 0 spiro atoms. The van der Waals surface area contributed by atoms with Crippen molar-refractivity contribution < 1.29 is 4.39 Å². The van der Waals surface area contributed by atoms with Crippen molar-refractivity contribution in [2.45, 2.75) is 44.7 Å². The summed E-state index contributed by atoms with van der Waals surface area (Å²) in [6.07, 6.45) is 4.83. The lowest BCUT2D eigenvalue weighted by Crippen LogP contribution is -2.59. The summed E-state index contributed by atoms with van der Waals surface area (Å²) in [5.41, 5.74) is 0.603. The third-order valence-electron chi connectivity index (χ3n) is 4.74. The average Bonchev–Trinajstić information content (AvgIpc) is 2.46. The Labute approximate surface area is 125 Å². The molecule has 0 bridgehead atoms. The van der Waals surface area contributed by atoms with Gasteiger partial charge in [0.1, 0.15) is 5.82 Å². The van der Waals surface area contributed by atoms with Crippen molar-refractivity contribution >= 4 is 17.3 Å². The van der Waals surface area contributed by atoms with Crippen molar-refractivity contribution in [3.63, 3.8) is 0 Å². The lowest BCUT2D eigenvalue weighted by atomic mass is 9.95. The molecule has 3 rings (SSSR count). The van der Waals surface area contributed by atoms with Crippen molar-refractivity contribution in [3.05, 3.63) is 29.0 Å². The Hall–Kier alpha value is -0.800. The van der Waals surface area contributed by atoms with Gasteiger partial charge in [0.05, 0.1) is 10.7 Å². The van der Waals surface area contributed by atoms with E-state index < -0.39 is 0 Å². The van der Waals surface area contributed by atoms with E-state index in [4.69, 9.17) is 11.6 Å². The standard InChI is InChI=1S/C16H22ClFN2/c1-2-12-10-19-9-4-3-6-13(19)11-20(12)16-14(17)7-5-8-15(16)18/h5,7-8,12-13H,2-4,6,9-11H2,1H3. The molecule has 1 aromatic carbocycles. The van der Waals surface area contributed by atoms with Gasteiger partial charge in [0.2, 0.25) is 0 Å². The van der Waals surface area contributed by atoms with Crippen LogP contribution in [0.1, 0.15) is 32.6 Å². The van der Waals surface area contributed by atoms with E-state index in [9.17, 15) is 4.39 Å². The molecule has 0 amide bonds. The number of para-hydroxylation sites is 1. The highest BCUT2D eigenvalue weighted by molar-refractivity contribution is 6.33. The van der Waals surface area contributed by atoms with E-state index >= 15 is 0 Å². The van der Waals surface area contributed by atoms with E-state index in [0.29, 0.717) is 22.8 Å². The van der Waals surface area contributed by atoms with Gasteiger partial charge >= 0.3 is 0 Å². The van der Waals surface area contributed by atoms with Gasteiger partial charge in [-0.25, -0.2) is 4.39 Å². The monoisotopic (exact) mass is 296 g/mol. The second-order valence-electron chi connectivity index (χ2n) is 5.93. The number of piperidine rings is 1. The van der Waals surface area contributed by atoms with Gasteiger partial charge in [-0.15, -0.1) is 0 Å². The molecule has 0 aliphatic carbocycles. The zero-order chi connectivity index (χ0) is 14.1. The number of rotatable bonds is 2. The van der Waals surface area contributed by atoms with Gasteiger partial charge in [-0.3, -0.25) is 4.90 Å². The number of hydrogen-bond donors (Lipinski definition) is 0. The van der Waals surface area contributed by atoms with Gasteiger partial charge < -0.3 is 4.90 Å². The zero-order valence-corrected chi connectivity index (χ0v) is 12.7. The summed E-state index contributed by atoms with van der Waals surface area (Å²) in [6, 6.07) is 5.90. The second kappa shape index (κ2) is 5.90. The van der Waals surface area contributed by atoms with Crippen molar-refractivity contribution in [2.75, 3.05) is 24.5 Å². The lowest BCUT2D eigenvalue weighted by molar-refractivity contribution is 0.110. The molecule has 1 aromatic rings. The second-order valence-corrected chi connectivity index (χ2v) is 6.34. The number of piperazine rings is 1. The van der Waals surface area contributed by atoms with Crippen LogP contribution in [-0.2, 0) is 0 Å². The van der Waals surface area contributed by atoms with E-state index in [0.717, 1.165) is 19.5 Å². The fourth-order valence-electron chi connectivity index (χ4n) is 3.64. The molecule has 110 valence electrons. The quantitative estimate of drug-likeness (QED) is 0.816. The Bertz CT molecular complexity index is 459. The van der Waals surface area contributed by atoms with E-state index in [1.54, 1.807) is 12.1 Å². The molecule has 2 atom stereocenters. The van der Waals surface area contributed by atoms with E-state index in [-0.39, 0.29) is 5.82 Å². The third-order valence-corrected chi connectivity index (χ3v) is 5.04. The molecule has 2 aliphatic rings. The smallest absolute Gasteiger partial charge is 0.148 e. The third kappa shape index (κ3) is 2.53. The van der Waals surface area contributed by atoms with Gasteiger partial charge in [-0.1, -0.05) is 31.0 Å². The molecule has 0 aromatic heterocycles.